The number of nitrogens with zero attached hydrogens (tertiary/aromatic N) is 1. The second kappa shape index (κ2) is 6.87. The van der Waals surface area contributed by atoms with Gasteiger partial charge < -0.3 is 5.32 Å². The molecule has 2 atom stereocenters. The Morgan fingerprint density at radius 2 is 2.12 bits per heavy atom. The summed E-state index contributed by atoms with van der Waals surface area (Å²) in [6, 6.07) is 4.26. The van der Waals surface area contributed by atoms with E-state index in [-0.39, 0.29) is 0 Å². The van der Waals surface area contributed by atoms with E-state index in [1.165, 1.54) is 0 Å². The molecule has 0 saturated heterocycles. The maximum atomic E-state index is 5.85. The maximum absolute atomic E-state index is 5.85. The minimum atomic E-state index is 0.335. The Morgan fingerprint density at radius 1 is 1.38 bits per heavy atom. The highest BCUT2D eigenvalue weighted by molar-refractivity contribution is 6.30. The van der Waals surface area contributed by atoms with Gasteiger partial charge in [0.05, 0.1) is 16.8 Å². The third-order valence-electron chi connectivity index (χ3n) is 2.90. The molecule has 0 aromatic carbocycles. The van der Waals surface area contributed by atoms with Crippen molar-refractivity contribution in [3.05, 3.63) is 29.0 Å². The lowest BCUT2D eigenvalue weighted by Crippen LogP contribution is -2.28. The van der Waals surface area contributed by atoms with E-state index in [2.05, 4.69) is 31.1 Å². The van der Waals surface area contributed by atoms with Crippen molar-refractivity contribution in [2.24, 2.45) is 5.92 Å². The molecule has 0 aliphatic heterocycles. The molecule has 0 amide bonds. The molecule has 16 heavy (non-hydrogen) atoms. The first-order valence-electron chi connectivity index (χ1n) is 6.03. The zero-order valence-corrected chi connectivity index (χ0v) is 11.1. The number of hydrogen-bond donors (Lipinski definition) is 1. The molecule has 0 bridgehead atoms. The highest BCUT2D eigenvalue weighted by Gasteiger charge is 2.18. The van der Waals surface area contributed by atoms with Crippen molar-refractivity contribution in [3.8, 4) is 0 Å². The standard InChI is InChI=1S/C13H21ClN2/c1-4-8-15-13(10(3)5-2)12-7-6-11(14)9-16-12/h6-7,9-10,13,15H,4-5,8H2,1-3H3. The Labute approximate surface area is 103 Å². The van der Waals surface area contributed by atoms with E-state index in [0.717, 1.165) is 25.1 Å². The molecular formula is C13H21ClN2. The fourth-order valence-electron chi connectivity index (χ4n) is 1.70. The van der Waals surface area contributed by atoms with Crippen molar-refractivity contribution in [1.29, 1.82) is 0 Å². The highest BCUT2D eigenvalue weighted by atomic mass is 35.5. The Hall–Kier alpha value is -0.600. The zero-order valence-electron chi connectivity index (χ0n) is 10.3. The largest absolute Gasteiger partial charge is 0.308 e. The third kappa shape index (κ3) is 3.76. The number of pyridine rings is 1. The number of hydrogen-bond acceptors (Lipinski definition) is 2. The average Bonchev–Trinajstić information content (AvgIpc) is 2.31. The minimum Gasteiger partial charge on any atom is -0.308 e. The van der Waals surface area contributed by atoms with Crippen LogP contribution in [0, 0.1) is 5.92 Å². The van der Waals surface area contributed by atoms with Gasteiger partial charge >= 0.3 is 0 Å². The summed E-state index contributed by atoms with van der Waals surface area (Å²) in [7, 11) is 0. The summed E-state index contributed by atoms with van der Waals surface area (Å²) in [5.74, 6) is 0.584. The summed E-state index contributed by atoms with van der Waals surface area (Å²) in [6.45, 7) is 7.67. The van der Waals surface area contributed by atoms with Gasteiger partial charge in [-0.25, -0.2) is 0 Å². The molecule has 2 unspecified atom stereocenters. The van der Waals surface area contributed by atoms with Crippen LogP contribution in [0.3, 0.4) is 0 Å². The smallest absolute Gasteiger partial charge is 0.0589 e. The van der Waals surface area contributed by atoms with E-state index in [9.17, 15) is 0 Å². The van der Waals surface area contributed by atoms with E-state index >= 15 is 0 Å². The van der Waals surface area contributed by atoms with E-state index in [4.69, 9.17) is 11.6 Å². The number of nitrogens with one attached hydrogen (secondary N) is 1. The van der Waals surface area contributed by atoms with Crippen molar-refractivity contribution in [3.63, 3.8) is 0 Å². The van der Waals surface area contributed by atoms with Crippen molar-refractivity contribution >= 4 is 11.6 Å². The Kier molecular flexibility index (Phi) is 5.78. The van der Waals surface area contributed by atoms with Gasteiger partial charge in [-0.05, 0) is 31.0 Å². The number of aromatic nitrogens is 1. The lowest BCUT2D eigenvalue weighted by Gasteiger charge is -2.23. The lowest BCUT2D eigenvalue weighted by atomic mass is 9.96. The lowest BCUT2D eigenvalue weighted by molar-refractivity contribution is 0.370. The third-order valence-corrected chi connectivity index (χ3v) is 3.12. The Balaban J connectivity index is 2.78. The van der Waals surface area contributed by atoms with Crippen molar-refractivity contribution in [2.45, 2.75) is 39.7 Å². The van der Waals surface area contributed by atoms with Gasteiger partial charge in [0.2, 0.25) is 0 Å². The van der Waals surface area contributed by atoms with Crippen LogP contribution in [0.4, 0.5) is 0 Å². The predicted molar refractivity (Wildman–Crippen MR) is 69.7 cm³/mol. The summed E-state index contributed by atoms with van der Waals surface area (Å²) in [5, 5.41) is 4.25. The summed E-state index contributed by atoms with van der Waals surface area (Å²) in [4.78, 5) is 4.41. The second-order valence-corrected chi connectivity index (χ2v) is 4.66. The van der Waals surface area contributed by atoms with Crippen LogP contribution in [0.25, 0.3) is 0 Å². The van der Waals surface area contributed by atoms with Crippen molar-refractivity contribution in [2.75, 3.05) is 6.54 Å². The second-order valence-electron chi connectivity index (χ2n) is 4.22. The SMILES string of the molecule is CCCNC(c1ccc(Cl)cn1)C(C)CC. The summed E-state index contributed by atoms with van der Waals surface area (Å²) < 4.78 is 0. The quantitative estimate of drug-likeness (QED) is 0.818. The molecule has 0 spiro atoms. The minimum absolute atomic E-state index is 0.335. The Bertz CT molecular complexity index is 297. The van der Waals surface area contributed by atoms with Crippen LogP contribution in [0.15, 0.2) is 18.3 Å². The molecule has 0 aliphatic rings. The van der Waals surface area contributed by atoms with Crippen LogP contribution in [0.5, 0.6) is 0 Å². The summed E-state index contributed by atoms with van der Waals surface area (Å²) in [5.41, 5.74) is 1.09. The maximum Gasteiger partial charge on any atom is 0.0589 e. The van der Waals surface area contributed by atoms with E-state index < -0.39 is 0 Å². The highest BCUT2D eigenvalue weighted by Crippen LogP contribution is 2.23. The number of halogens is 1. The van der Waals surface area contributed by atoms with Crippen LogP contribution in [0.2, 0.25) is 5.02 Å². The molecule has 1 heterocycles. The number of rotatable bonds is 6. The molecule has 0 saturated carbocycles. The van der Waals surface area contributed by atoms with Gasteiger partial charge in [-0.1, -0.05) is 38.8 Å². The summed E-state index contributed by atoms with van der Waals surface area (Å²) >= 11 is 5.85. The first-order valence-corrected chi connectivity index (χ1v) is 6.41. The normalized spacial score (nSPS) is 14.8. The van der Waals surface area contributed by atoms with Crippen LogP contribution in [-0.4, -0.2) is 11.5 Å². The van der Waals surface area contributed by atoms with Crippen LogP contribution >= 0.6 is 11.6 Å². The molecule has 0 radical (unpaired) electrons. The van der Waals surface area contributed by atoms with Gasteiger partial charge in [-0.15, -0.1) is 0 Å². The van der Waals surface area contributed by atoms with E-state index in [1.54, 1.807) is 6.20 Å². The monoisotopic (exact) mass is 240 g/mol. The van der Waals surface area contributed by atoms with Gasteiger partial charge in [-0.2, -0.15) is 0 Å². The fourth-order valence-corrected chi connectivity index (χ4v) is 1.82. The van der Waals surface area contributed by atoms with Crippen molar-refractivity contribution < 1.29 is 0 Å². The first kappa shape index (κ1) is 13.5. The van der Waals surface area contributed by atoms with Crippen molar-refractivity contribution in [1.82, 2.24) is 10.3 Å². The van der Waals surface area contributed by atoms with Crippen LogP contribution < -0.4 is 5.32 Å². The summed E-state index contributed by atoms with van der Waals surface area (Å²) in [6.07, 6.45) is 4.01. The molecule has 3 heteroatoms. The van der Waals surface area contributed by atoms with Crippen LogP contribution in [0.1, 0.15) is 45.3 Å². The first-order chi connectivity index (χ1) is 7.69. The van der Waals surface area contributed by atoms with Gasteiger partial charge in [0.25, 0.3) is 0 Å². The molecule has 2 nitrogen and oxygen atoms in total. The molecule has 1 rings (SSSR count). The molecule has 1 aromatic rings. The zero-order chi connectivity index (χ0) is 12.0. The van der Waals surface area contributed by atoms with Crippen LogP contribution in [-0.2, 0) is 0 Å². The van der Waals surface area contributed by atoms with E-state index in [1.807, 2.05) is 12.1 Å². The fraction of sp³-hybridized carbons (Fsp3) is 0.615. The topological polar surface area (TPSA) is 24.9 Å². The molecule has 90 valence electrons. The average molecular weight is 241 g/mol. The van der Waals surface area contributed by atoms with Gasteiger partial charge in [0, 0.05) is 6.20 Å². The molecular weight excluding hydrogens is 220 g/mol. The van der Waals surface area contributed by atoms with Gasteiger partial charge in [-0.3, -0.25) is 4.98 Å². The molecule has 1 aromatic heterocycles. The van der Waals surface area contributed by atoms with Gasteiger partial charge in [0.15, 0.2) is 0 Å². The molecule has 0 fully saturated rings. The molecule has 0 aliphatic carbocycles. The Morgan fingerprint density at radius 3 is 2.62 bits per heavy atom. The molecule has 1 N–H and O–H groups in total. The predicted octanol–water partition coefficient (Wildman–Crippen LogP) is 3.82. The van der Waals surface area contributed by atoms with E-state index in [0.29, 0.717) is 17.0 Å². The van der Waals surface area contributed by atoms with Gasteiger partial charge in [0.1, 0.15) is 0 Å².